The molecule has 6 heteroatoms. The molecule has 0 spiro atoms. The van der Waals surface area contributed by atoms with Gasteiger partial charge in [-0.15, -0.1) is 0 Å². The third kappa shape index (κ3) is 3.47. The highest BCUT2D eigenvalue weighted by molar-refractivity contribution is 14.1. The third-order valence-electron chi connectivity index (χ3n) is 1.47. The molecular weight excluding hydrogens is 305 g/mol. The summed E-state index contributed by atoms with van der Waals surface area (Å²) in [4.78, 5) is 21.3. The standard InChI is InChI=1S/C7H8INO3S/c8-5-4-9(7(12)13-5)3-1-2-6(10)11/h4H,1-3H2,(H,10,11). The fourth-order valence-corrected chi connectivity index (χ4v) is 2.41. The summed E-state index contributed by atoms with van der Waals surface area (Å²) in [6, 6.07) is 0. The zero-order chi connectivity index (χ0) is 9.84. The van der Waals surface area contributed by atoms with Gasteiger partial charge in [0.25, 0.3) is 0 Å². The molecule has 0 aromatic carbocycles. The van der Waals surface area contributed by atoms with E-state index in [0.717, 1.165) is 2.88 Å². The number of thiazole rings is 1. The second-order valence-corrected chi connectivity index (χ2v) is 5.38. The summed E-state index contributed by atoms with van der Waals surface area (Å²) in [6.45, 7) is 0.491. The molecule has 0 amide bonds. The van der Waals surface area contributed by atoms with Gasteiger partial charge in [-0.25, -0.2) is 0 Å². The molecule has 1 heterocycles. The lowest BCUT2D eigenvalue weighted by atomic mass is 10.3. The average molecular weight is 313 g/mol. The first-order valence-corrected chi connectivity index (χ1v) is 5.56. The topological polar surface area (TPSA) is 59.3 Å². The summed E-state index contributed by atoms with van der Waals surface area (Å²) in [7, 11) is 0. The number of nitrogens with zero attached hydrogens (tertiary/aromatic N) is 1. The maximum absolute atomic E-state index is 11.1. The summed E-state index contributed by atoms with van der Waals surface area (Å²) in [5.41, 5.74) is 0. The highest BCUT2D eigenvalue weighted by Gasteiger charge is 2.02. The van der Waals surface area contributed by atoms with Crippen molar-refractivity contribution in [2.45, 2.75) is 19.4 Å². The Kier molecular flexibility index (Phi) is 3.91. The minimum absolute atomic E-state index is 0.0187. The van der Waals surface area contributed by atoms with Crippen LogP contribution in [0, 0.1) is 2.88 Å². The second kappa shape index (κ2) is 4.75. The molecule has 0 unspecified atom stereocenters. The summed E-state index contributed by atoms with van der Waals surface area (Å²) in [6.07, 6.45) is 2.36. The SMILES string of the molecule is O=C(O)CCCn1cc(I)sc1=O. The Labute approximate surface area is 92.3 Å². The largest absolute Gasteiger partial charge is 0.481 e. The predicted molar refractivity (Wildman–Crippen MR) is 58.2 cm³/mol. The zero-order valence-electron chi connectivity index (χ0n) is 6.70. The van der Waals surface area contributed by atoms with Gasteiger partial charge in [-0.1, -0.05) is 11.3 Å². The van der Waals surface area contributed by atoms with Gasteiger partial charge in [0.15, 0.2) is 0 Å². The van der Waals surface area contributed by atoms with E-state index < -0.39 is 5.97 Å². The van der Waals surface area contributed by atoms with E-state index in [1.807, 2.05) is 0 Å². The van der Waals surface area contributed by atoms with Gasteiger partial charge in [-0.2, -0.15) is 0 Å². The first-order valence-electron chi connectivity index (χ1n) is 3.67. The number of rotatable bonds is 4. The number of aliphatic carboxylic acids is 1. The first kappa shape index (κ1) is 10.7. The predicted octanol–water partition coefficient (Wildman–Crippen LogP) is 1.38. The molecule has 0 fully saturated rings. The van der Waals surface area contributed by atoms with E-state index in [-0.39, 0.29) is 11.3 Å². The monoisotopic (exact) mass is 313 g/mol. The van der Waals surface area contributed by atoms with Crippen LogP contribution in [-0.2, 0) is 11.3 Å². The van der Waals surface area contributed by atoms with E-state index in [1.54, 1.807) is 10.8 Å². The van der Waals surface area contributed by atoms with E-state index in [1.165, 1.54) is 11.3 Å². The number of halogens is 1. The van der Waals surface area contributed by atoms with Gasteiger partial charge in [0.05, 0.1) is 2.88 Å². The van der Waals surface area contributed by atoms with E-state index in [4.69, 9.17) is 5.11 Å². The second-order valence-electron chi connectivity index (χ2n) is 2.49. The summed E-state index contributed by atoms with van der Waals surface area (Å²) in [5, 5.41) is 8.38. The van der Waals surface area contributed by atoms with Gasteiger partial charge in [-0.3, -0.25) is 9.59 Å². The lowest BCUT2D eigenvalue weighted by Gasteiger charge is -1.97. The Balaban J connectivity index is 2.50. The molecule has 0 atom stereocenters. The molecule has 1 aromatic heterocycles. The van der Waals surface area contributed by atoms with E-state index >= 15 is 0 Å². The van der Waals surface area contributed by atoms with Crippen molar-refractivity contribution in [1.82, 2.24) is 4.57 Å². The van der Waals surface area contributed by atoms with Crippen molar-refractivity contribution in [2.24, 2.45) is 0 Å². The lowest BCUT2D eigenvalue weighted by Crippen LogP contribution is -2.12. The Morgan fingerprint density at radius 3 is 2.85 bits per heavy atom. The van der Waals surface area contributed by atoms with Crippen LogP contribution in [0.25, 0.3) is 0 Å². The Morgan fingerprint density at radius 2 is 2.38 bits per heavy atom. The van der Waals surface area contributed by atoms with Gasteiger partial charge >= 0.3 is 10.8 Å². The van der Waals surface area contributed by atoms with Crippen molar-refractivity contribution in [2.75, 3.05) is 0 Å². The molecular formula is C7H8INO3S. The van der Waals surface area contributed by atoms with Crippen LogP contribution in [-0.4, -0.2) is 15.6 Å². The maximum atomic E-state index is 11.1. The molecule has 13 heavy (non-hydrogen) atoms. The van der Waals surface area contributed by atoms with Crippen molar-refractivity contribution >= 4 is 39.9 Å². The molecule has 1 aromatic rings. The molecule has 0 radical (unpaired) electrons. The van der Waals surface area contributed by atoms with Crippen LogP contribution in [0.1, 0.15) is 12.8 Å². The number of hydrogen-bond donors (Lipinski definition) is 1. The van der Waals surface area contributed by atoms with Crippen molar-refractivity contribution < 1.29 is 9.90 Å². The Bertz CT molecular complexity index is 357. The normalized spacial score (nSPS) is 10.2. The minimum Gasteiger partial charge on any atom is -0.481 e. The van der Waals surface area contributed by atoms with Crippen LogP contribution in [0.3, 0.4) is 0 Å². The maximum Gasteiger partial charge on any atom is 0.308 e. The van der Waals surface area contributed by atoms with Crippen LogP contribution in [0.5, 0.6) is 0 Å². The number of aromatic nitrogens is 1. The summed E-state index contributed by atoms with van der Waals surface area (Å²) >= 11 is 3.25. The van der Waals surface area contributed by atoms with E-state index in [2.05, 4.69) is 22.6 Å². The van der Waals surface area contributed by atoms with Crippen LogP contribution in [0.15, 0.2) is 11.0 Å². The Morgan fingerprint density at radius 1 is 1.69 bits per heavy atom. The smallest absolute Gasteiger partial charge is 0.308 e. The minimum atomic E-state index is -0.821. The molecule has 4 nitrogen and oxygen atoms in total. The first-order chi connectivity index (χ1) is 6.09. The molecule has 1 N–H and O–H groups in total. The highest BCUT2D eigenvalue weighted by Crippen LogP contribution is 2.07. The molecule has 0 saturated carbocycles. The molecule has 0 aliphatic heterocycles. The molecule has 0 bridgehead atoms. The molecule has 0 saturated heterocycles. The average Bonchev–Trinajstić information content (AvgIpc) is 2.29. The fourth-order valence-electron chi connectivity index (χ4n) is 0.900. The zero-order valence-corrected chi connectivity index (χ0v) is 9.67. The van der Waals surface area contributed by atoms with Crippen LogP contribution in [0.4, 0.5) is 0 Å². The molecule has 72 valence electrons. The summed E-state index contributed by atoms with van der Waals surface area (Å²) < 4.78 is 2.48. The number of carboxylic acid groups (broad SMARTS) is 1. The number of aryl methyl sites for hydroxylation is 1. The third-order valence-corrected chi connectivity index (χ3v) is 3.11. The fraction of sp³-hybridized carbons (Fsp3) is 0.429. The number of hydrogen-bond acceptors (Lipinski definition) is 3. The molecule has 0 aliphatic rings. The van der Waals surface area contributed by atoms with Crippen molar-refractivity contribution in [3.05, 3.63) is 18.7 Å². The lowest BCUT2D eigenvalue weighted by molar-refractivity contribution is -0.137. The van der Waals surface area contributed by atoms with E-state index in [9.17, 15) is 9.59 Å². The van der Waals surface area contributed by atoms with Crippen LogP contribution in [0.2, 0.25) is 0 Å². The summed E-state index contributed by atoms with van der Waals surface area (Å²) in [5.74, 6) is -0.821. The van der Waals surface area contributed by atoms with Gasteiger partial charge in [0, 0.05) is 19.2 Å². The Hall–Kier alpha value is -0.370. The number of carbonyl (C=O) groups is 1. The highest BCUT2D eigenvalue weighted by atomic mass is 127. The van der Waals surface area contributed by atoms with Gasteiger partial charge in [0.1, 0.15) is 0 Å². The molecule has 1 rings (SSSR count). The molecule has 0 aliphatic carbocycles. The van der Waals surface area contributed by atoms with Crippen LogP contribution < -0.4 is 4.87 Å². The van der Waals surface area contributed by atoms with Gasteiger partial charge < -0.3 is 9.67 Å². The van der Waals surface area contributed by atoms with Crippen molar-refractivity contribution in [3.63, 3.8) is 0 Å². The van der Waals surface area contributed by atoms with Crippen LogP contribution >= 0.6 is 33.9 Å². The van der Waals surface area contributed by atoms with E-state index in [0.29, 0.717) is 13.0 Å². The number of carboxylic acids is 1. The van der Waals surface area contributed by atoms with Gasteiger partial charge in [-0.05, 0) is 29.0 Å². The quantitative estimate of drug-likeness (QED) is 0.855. The van der Waals surface area contributed by atoms with Gasteiger partial charge in [0.2, 0.25) is 0 Å². The van der Waals surface area contributed by atoms with Crippen molar-refractivity contribution in [3.8, 4) is 0 Å². The van der Waals surface area contributed by atoms with Crippen molar-refractivity contribution in [1.29, 1.82) is 0 Å².